The molecule has 0 atom stereocenters. The molecular formula is C12H20N2OS. The Kier molecular flexibility index (Phi) is 4.32. The first-order valence-corrected chi connectivity index (χ1v) is 6.87. The lowest BCUT2D eigenvalue weighted by molar-refractivity contribution is 0.151. The van der Waals surface area contributed by atoms with Gasteiger partial charge in [-0.15, -0.1) is 11.3 Å². The number of hydrogen-bond donors (Lipinski definition) is 1. The lowest BCUT2D eigenvalue weighted by Crippen LogP contribution is -2.14. The molecule has 2 rings (SSSR count). The lowest BCUT2D eigenvalue weighted by atomic mass is 10.4. The molecule has 1 fully saturated rings. The van der Waals surface area contributed by atoms with Crippen molar-refractivity contribution in [2.24, 2.45) is 0 Å². The number of nitrogens with one attached hydrogen (secondary N) is 1. The van der Waals surface area contributed by atoms with Gasteiger partial charge in [0.15, 0.2) is 0 Å². The molecule has 1 N–H and O–H groups in total. The van der Waals surface area contributed by atoms with Crippen molar-refractivity contribution in [3.63, 3.8) is 0 Å². The monoisotopic (exact) mass is 240 g/mol. The van der Waals surface area contributed by atoms with Crippen LogP contribution in [0.4, 0.5) is 0 Å². The van der Waals surface area contributed by atoms with E-state index in [0.717, 1.165) is 32.2 Å². The Balaban J connectivity index is 1.81. The summed E-state index contributed by atoms with van der Waals surface area (Å²) < 4.78 is 5.35. The number of rotatable bonds is 7. The molecule has 0 radical (unpaired) electrons. The molecule has 1 aliphatic carbocycles. The van der Waals surface area contributed by atoms with Gasteiger partial charge < -0.3 is 10.1 Å². The van der Waals surface area contributed by atoms with Crippen LogP contribution in [0.15, 0.2) is 0 Å². The highest BCUT2D eigenvalue weighted by molar-refractivity contribution is 7.11. The van der Waals surface area contributed by atoms with Gasteiger partial charge in [-0.3, -0.25) is 0 Å². The summed E-state index contributed by atoms with van der Waals surface area (Å²) >= 11 is 1.83. The summed E-state index contributed by atoms with van der Waals surface area (Å²) in [6.45, 7) is 6.70. The zero-order valence-corrected chi connectivity index (χ0v) is 10.9. The number of nitrogens with zero attached hydrogens (tertiary/aromatic N) is 1. The molecule has 1 heterocycles. The Morgan fingerprint density at radius 3 is 3.00 bits per heavy atom. The van der Waals surface area contributed by atoms with Crippen LogP contribution in [0.3, 0.4) is 0 Å². The molecule has 0 saturated heterocycles. The number of aryl methyl sites for hydroxylation is 1. The Hall–Kier alpha value is -0.450. The Labute approximate surface area is 101 Å². The fourth-order valence-corrected chi connectivity index (χ4v) is 2.59. The van der Waals surface area contributed by atoms with Crippen LogP contribution in [0.5, 0.6) is 0 Å². The number of hydrogen-bond acceptors (Lipinski definition) is 4. The van der Waals surface area contributed by atoms with E-state index in [9.17, 15) is 0 Å². The molecule has 1 aromatic rings. The van der Waals surface area contributed by atoms with Gasteiger partial charge in [0, 0.05) is 30.5 Å². The quantitative estimate of drug-likeness (QED) is 0.742. The fourth-order valence-electron chi connectivity index (χ4n) is 1.59. The van der Waals surface area contributed by atoms with Gasteiger partial charge in [-0.25, -0.2) is 4.98 Å². The first-order valence-electron chi connectivity index (χ1n) is 6.06. The molecule has 0 aromatic carbocycles. The van der Waals surface area contributed by atoms with Gasteiger partial charge in [-0.2, -0.15) is 0 Å². The molecule has 1 aromatic heterocycles. The van der Waals surface area contributed by atoms with Gasteiger partial charge in [0.25, 0.3) is 0 Å². The zero-order valence-electron chi connectivity index (χ0n) is 10.1. The molecule has 0 spiro atoms. The van der Waals surface area contributed by atoms with Gasteiger partial charge in [0.2, 0.25) is 0 Å². The van der Waals surface area contributed by atoms with Crippen molar-refractivity contribution in [2.75, 3.05) is 13.2 Å². The van der Waals surface area contributed by atoms with Crippen LogP contribution in [0.25, 0.3) is 0 Å². The summed E-state index contributed by atoms with van der Waals surface area (Å²) in [6.07, 6.45) is 3.63. The molecule has 0 unspecified atom stereocenters. The van der Waals surface area contributed by atoms with Crippen LogP contribution in [0.2, 0.25) is 0 Å². The molecule has 0 amide bonds. The van der Waals surface area contributed by atoms with Crippen molar-refractivity contribution in [1.29, 1.82) is 0 Å². The molecule has 16 heavy (non-hydrogen) atoms. The van der Waals surface area contributed by atoms with E-state index in [2.05, 4.69) is 17.2 Å². The normalized spacial score (nSPS) is 15.6. The predicted molar refractivity (Wildman–Crippen MR) is 66.9 cm³/mol. The standard InChI is InChI=1S/C12H20N2OS/c1-3-15-7-6-12-14-9(2)11(16-12)8-13-10-4-5-10/h10,13H,3-8H2,1-2H3. The van der Waals surface area contributed by atoms with E-state index in [4.69, 9.17) is 4.74 Å². The van der Waals surface area contributed by atoms with Gasteiger partial charge in [-0.05, 0) is 26.7 Å². The second kappa shape index (κ2) is 5.75. The highest BCUT2D eigenvalue weighted by Gasteiger charge is 2.20. The van der Waals surface area contributed by atoms with Crippen molar-refractivity contribution in [2.45, 2.75) is 45.7 Å². The van der Waals surface area contributed by atoms with Crippen molar-refractivity contribution >= 4 is 11.3 Å². The van der Waals surface area contributed by atoms with E-state index >= 15 is 0 Å². The number of aromatic nitrogens is 1. The van der Waals surface area contributed by atoms with Gasteiger partial charge in [0.1, 0.15) is 0 Å². The number of thiazole rings is 1. The minimum absolute atomic E-state index is 0.772. The molecular weight excluding hydrogens is 220 g/mol. The second-order valence-corrected chi connectivity index (χ2v) is 5.39. The highest BCUT2D eigenvalue weighted by Crippen LogP contribution is 2.22. The fraction of sp³-hybridized carbons (Fsp3) is 0.750. The molecule has 1 aliphatic rings. The van der Waals surface area contributed by atoms with E-state index in [0.29, 0.717) is 0 Å². The van der Waals surface area contributed by atoms with Crippen LogP contribution < -0.4 is 5.32 Å². The average Bonchev–Trinajstić information content (AvgIpc) is 3.02. The first-order chi connectivity index (χ1) is 7.79. The third-order valence-corrected chi connectivity index (χ3v) is 3.95. The van der Waals surface area contributed by atoms with Crippen molar-refractivity contribution < 1.29 is 4.74 Å². The van der Waals surface area contributed by atoms with E-state index in [-0.39, 0.29) is 0 Å². The second-order valence-electron chi connectivity index (χ2n) is 4.22. The van der Waals surface area contributed by atoms with Crippen LogP contribution in [0, 0.1) is 6.92 Å². The van der Waals surface area contributed by atoms with E-state index in [1.165, 1.54) is 28.4 Å². The highest BCUT2D eigenvalue weighted by atomic mass is 32.1. The molecule has 0 bridgehead atoms. The van der Waals surface area contributed by atoms with E-state index < -0.39 is 0 Å². The smallest absolute Gasteiger partial charge is 0.0954 e. The van der Waals surface area contributed by atoms with Gasteiger partial charge in [-0.1, -0.05) is 0 Å². The van der Waals surface area contributed by atoms with E-state index in [1.807, 2.05) is 18.3 Å². The number of ether oxygens (including phenoxy) is 1. The summed E-state index contributed by atoms with van der Waals surface area (Å²) in [6, 6.07) is 0.772. The van der Waals surface area contributed by atoms with Crippen LogP contribution in [-0.4, -0.2) is 24.2 Å². The van der Waals surface area contributed by atoms with Crippen LogP contribution in [-0.2, 0) is 17.7 Å². The largest absolute Gasteiger partial charge is 0.381 e. The molecule has 90 valence electrons. The third kappa shape index (κ3) is 3.54. The topological polar surface area (TPSA) is 34.1 Å². The third-order valence-electron chi connectivity index (χ3n) is 2.73. The Morgan fingerprint density at radius 2 is 2.31 bits per heavy atom. The van der Waals surface area contributed by atoms with Crippen molar-refractivity contribution in [3.05, 3.63) is 15.6 Å². The first kappa shape index (κ1) is 12.0. The minimum atomic E-state index is 0.772. The SMILES string of the molecule is CCOCCc1nc(C)c(CNC2CC2)s1. The minimum Gasteiger partial charge on any atom is -0.381 e. The maximum Gasteiger partial charge on any atom is 0.0954 e. The molecule has 0 aliphatic heterocycles. The lowest BCUT2D eigenvalue weighted by Gasteiger charge is -1.99. The molecule has 4 heteroatoms. The maximum atomic E-state index is 5.35. The summed E-state index contributed by atoms with van der Waals surface area (Å²) in [5.41, 5.74) is 1.18. The Bertz CT molecular complexity index is 334. The maximum absolute atomic E-state index is 5.35. The van der Waals surface area contributed by atoms with E-state index in [1.54, 1.807) is 0 Å². The Morgan fingerprint density at radius 1 is 1.50 bits per heavy atom. The summed E-state index contributed by atoms with van der Waals surface area (Å²) in [4.78, 5) is 5.97. The predicted octanol–water partition coefficient (Wildman–Crippen LogP) is 2.28. The van der Waals surface area contributed by atoms with Crippen LogP contribution >= 0.6 is 11.3 Å². The van der Waals surface area contributed by atoms with Crippen LogP contribution in [0.1, 0.15) is 35.3 Å². The van der Waals surface area contributed by atoms with Crippen molar-refractivity contribution in [1.82, 2.24) is 10.3 Å². The van der Waals surface area contributed by atoms with Gasteiger partial charge in [0.05, 0.1) is 17.3 Å². The summed E-state index contributed by atoms with van der Waals surface area (Å²) in [5, 5.41) is 4.74. The molecule has 3 nitrogen and oxygen atoms in total. The molecule has 1 saturated carbocycles. The van der Waals surface area contributed by atoms with Gasteiger partial charge >= 0.3 is 0 Å². The average molecular weight is 240 g/mol. The van der Waals surface area contributed by atoms with Crippen molar-refractivity contribution in [3.8, 4) is 0 Å². The summed E-state index contributed by atoms with van der Waals surface area (Å²) in [7, 11) is 0. The zero-order chi connectivity index (χ0) is 11.4. The summed E-state index contributed by atoms with van der Waals surface area (Å²) in [5.74, 6) is 0.